The summed E-state index contributed by atoms with van der Waals surface area (Å²) in [5, 5.41) is 0. The van der Waals surface area contributed by atoms with Crippen molar-refractivity contribution < 1.29 is 17.9 Å². The molecule has 0 spiro atoms. The Morgan fingerprint density at radius 3 is 2.50 bits per heavy atom. The summed E-state index contributed by atoms with van der Waals surface area (Å²) in [5.41, 5.74) is 4.18. The van der Waals surface area contributed by atoms with E-state index in [0.717, 1.165) is 17.4 Å². The molecule has 9 heteroatoms. The van der Waals surface area contributed by atoms with E-state index >= 15 is 0 Å². The standard InChI is InChI=1S/C27H31N3O5S/c1-6-35-25-14-18(11-12-24(25)34-4)23(16-36(5,32)33)30-26-22(29-27(30)31)13-19(15-28-26)21-10-8-7-9-20(21)17(2)3/h7-15,17,23H,6,16H2,1-5H3,(H,29,31). The molecule has 0 aliphatic rings. The van der Waals surface area contributed by atoms with Crippen molar-refractivity contribution >= 4 is 21.0 Å². The number of rotatable bonds is 9. The van der Waals surface area contributed by atoms with Gasteiger partial charge in [0, 0.05) is 18.0 Å². The number of sulfone groups is 1. The summed E-state index contributed by atoms with van der Waals surface area (Å²) in [5.74, 6) is 1.03. The van der Waals surface area contributed by atoms with Crippen LogP contribution in [-0.2, 0) is 9.84 Å². The highest BCUT2D eigenvalue weighted by Gasteiger charge is 2.26. The van der Waals surface area contributed by atoms with E-state index in [4.69, 9.17) is 9.47 Å². The fraction of sp³-hybridized carbons (Fsp3) is 0.333. The molecule has 0 radical (unpaired) electrons. The van der Waals surface area contributed by atoms with Gasteiger partial charge in [0.25, 0.3) is 0 Å². The zero-order valence-corrected chi connectivity index (χ0v) is 21.9. The third-order valence-electron chi connectivity index (χ3n) is 6.09. The molecule has 2 aromatic carbocycles. The van der Waals surface area contributed by atoms with Crippen LogP contribution in [0.4, 0.5) is 0 Å². The smallest absolute Gasteiger partial charge is 0.328 e. The fourth-order valence-electron chi connectivity index (χ4n) is 4.49. The van der Waals surface area contributed by atoms with Crippen molar-refractivity contribution in [3.05, 3.63) is 76.3 Å². The number of fused-ring (bicyclic) bond motifs is 1. The SMILES string of the molecule is CCOc1cc(C(CS(C)(=O)=O)n2c(=O)[nH]c3cc(-c4ccccc4C(C)C)cnc32)ccc1OC. The van der Waals surface area contributed by atoms with Gasteiger partial charge in [-0.25, -0.2) is 18.2 Å². The van der Waals surface area contributed by atoms with Crippen LogP contribution in [0.3, 0.4) is 0 Å². The van der Waals surface area contributed by atoms with E-state index in [2.05, 4.69) is 29.9 Å². The highest BCUT2D eigenvalue weighted by atomic mass is 32.2. The van der Waals surface area contributed by atoms with Gasteiger partial charge in [0.05, 0.1) is 31.0 Å². The average molecular weight is 510 g/mol. The lowest BCUT2D eigenvalue weighted by molar-refractivity contribution is 0.310. The van der Waals surface area contributed by atoms with E-state index < -0.39 is 21.6 Å². The van der Waals surface area contributed by atoms with Gasteiger partial charge in [-0.15, -0.1) is 0 Å². The molecule has 190 valence electrons. The third-order valence-corrected chi connectivity index (χ3v) is 7.01. The van der Waals surface area contributed by atoms with E-state index in [9.17, 15) is 13.2 Å². The summed E-state index contributed by atoms with van der Waals surface area (Å²) in [6.07, 6.45) is 2.88. The van der Waals surface area contributed by atoms with Gasteiger partial charge >= 0.3 is 5.69 Å². The molecule has 0 saturated carbocycles. The Morgan fingerprint density at radius 1 is 1.08 bits per heavy atom. The van der Waals surface area contributed by atoms with Gasteiger partial charge in [0.1, 0.15) is 9.84 Å². The Balaban J connectivity index is 1.89. The molecule has 2 aromatic heterocycles. The molecular weight excluding hydrogens is 478 g/mol. The minimum atomic E-state index is -3.46. The zero-order valence-electron chi connectivity index (χ0n) is 21.1. The van der Waals surface area contributed by atoms with Crippen LogP contribution >= 0.6 is 0 Å². The normalized spacial score (nSPS) is 12.7. The van der Waals surface area contributed by atoms with Gasteiger partial charge in [-0.05, 0) is 47.7 Å². The van der Waals surface area contributed by atoms with E-state index in [-0.39, 0.29) is 5.75 Å². The molecule has 8 nitrogen and oxygen atoms in total. The quantitative estimate of drug-likeness (QED) is 0.355. The minimum Gasteiger partial charge on any atom is -0.493 e. The van der Waals surface area contributed by atoms with Crippen molar-refractivity contribution in [2.75, 3.05) is 25.7 Å². The van der Waals surface area contributed by atoms with E-state index in [1.54, 1.807) is 24.4 Å². The Kier molecular flexibility index (Phi) is 7.21. The van der Waals surface area contributed by atoms with Gasteiger partial charge in [0.2, 0.25) is 0 Å². The van der Waals surface area contributed by atoms with Crippen LogP contribution in [0.5, 0.6) is 11.5 Å². The van der Waals surface area contributed by atoms with Gasteiger partial charge in [0.15, 0.2) is 17.1 Å². The molecule has 0 aliphatic heterocycles. The Labute approximate surface area is 210 Å². The molecule has 1 atom stereocenters. The van der Waals surface area contributed by atoms with Crippen molar-refractivity contribution in [3.8, 4) is 22.6 Å². The number of hydrogen-bond acceptors (Lipinski definition) is 6. The van der Waals surface area contributed by atoms with Gasteiger partial charge in [-0.2, -0.15) is 0 Å². The number of nitrogens with one attached hydrogen (secondary N) is 1. The Hall–Kier alpha value is -3.59. The Bertz CT molecular complexity index is 1550. The number of hydrogen-bond donors (Lipinski definition) is 1. The molecule has 4 aromatic rings. The number of H-pyrrole nitrogens is 1. The van der Waals surface area contributed by atoms with Crippen molar-refractivity contribution in [1.29, 1.82) is 0 Å². The summed E-state index contributed by atoms with van der Waals surface area (Å²) in [4.78, 5) is 20.7. The molecule has 1 unspecified atom stereocenters. The first-order valence-electron chi connectivity index (χ1n) is 11.8. The second-order valence-electron chi connectivity index (χ2n) is 9.09. The highest BCUT2D eigenvalue weighted by molar-refractivity contribution is 7.90. The van der Waals surface area contributed by atoms with Crippen LogP contribution in [-0.4, -0.2) is 48.7 Å². The summed E-state index contributed by atoms with van der Waals surface area (Å²) in [6, 6.07) is 14.3. The van der Waals surface area contributed by atoms with Crippen LogP contribution < -0.4 is 15.2 Å². The maximum absolute atomic E-state index is 13.2. The molecule has 0 aliphatic carbocycles. The van der Waals surface area contributed by atoms with Crippen LogP contribution in [0.15, 0.2) is 59.5 Å². The van der Waals surface area contributed by atoms with Crippen LogP contribution in [0, 0.1) is 0 Å². The predicted octanol–water partition coefficient (Wildman–Crippen LogP) is 4.56. The number of methoxy groups -OCH3 is 1. The van der Waals surface area contributed by atoms with Crippen molar-refractivity contribution in [1.82, 2.24) is 14.5 Å². The first-order chi connectivity index (χ1) is 17.1. The zero-order chi connectivity index (χ0) is 26.0. The number of benzene rings is 2. The summed E-state index contributed by atoms with van der Waals surface area (Å²) in [6.45, 7) is 6.52. The first kappa shape index (κ1) is 25.5. The van der Waals surface area contributed by atoms with Crippen molar-refractivity contribution in [2.24, 2.45) is 0 Å². The molecule has 0 saturated heterocycles. The maximum Gasteiger partial charge on any atom is 0.328 e. The maximum atomic E-state index is 13.2. The van der Waals surface area contributed by atoms with Gasteiger partial charge in [-0.1, -0.05) is 44.2 Å². The number of imidazole rings is 1. The monoisotopic (exact) mass is 509 g/mol. The predicted molar refractivity (Wildman–Crippen MR) is 142 cm³/mol. The molecule has 0 amide bonds. The molecule has 0 bridgehead atoms. The molecule has 0 fully saturated rings. The molecular formula is C27H31N3O5S. The van der Waals surface area contributed by atoms with E-state index in [1.165, 1.54) is 17.2 Å². The number of ether oxygens (including phenoxy) is 2. The summed E-state index contributed by atoms with van der Waals surface area (Å²) >= 11 is 0. The number of pyridine rings is 1. The average Bonchev–Trinajstić information content (AvgIpc) is 3.16. The molecule has 4 rings (SSSR count). The van der Waals surface area contributed by atoms with Crippen molar-refractivity contribution in [3.63, 3.8) is 0 Å². The largest absolute Gasteiger partial charge is 0.493 e. The van der Waals surface area contributed by atoms with Crippen LogP contribution in [0.1, 0.15) is 43.9 Å². The van der Waals surface area contributed by atoms with Crippen molar-refractivity contribution in [2.45, 2.75) is 32.7 Å². The highest BCUT2D eigenvalue weighted by Crippen LogP contribution is 2.34. The second kappa shape index (κ2) is 10.2. The number of aromatic amines is 1. The number of nitrogens with zero attached hydrogens (tertiary/aromatic N) is 2. The summed E-state index contributed by atoms with van der Waals surface area (Å²) < 4.78 is 37.3. The Morgan fingerprint density at radius 2 is 1.83 bits per heavy atom. The van der Waals surface area contributed by atoms with E-state index in [0.29, 0.717) is 40.8 Å². The second-order valence-corrected chi connectivity index (χ2v) is 11.3. The van der Waals surface area contributed by atoms with E-state index in [1.807, 2.05) is 31.2 Å². The van der Waals surface area contributed by atoms with Crippen LogP contribution in [0.2, 0.25) is 0 Å². The van der Waals surface area contributed by atoms with Crippen LogP contribution in [0.25, 0.3) is 22.3 Å². The lowest BCUT2D eigenvalue weighted by Gasteiger charge is -2.20. The molecule has 36 heavy (non-hydrogen) atoms. The number of aromatic nitrogens is 3. The van der Waals surface area contributed by atoms with Gasteiger partial charge in [-0.3, -0.25) is 4.57 Å². The molecule has 2 heterocycles. The summed E-state index contributed by atoms with van der Waals surface area (Å²) in [7, 11) is -1.93. The topological polar surface area (TPSA) is 103 Å². The first-order valence-corrected chi connectivity index (χ1v) is 13.9. The lowest BCUT2D eigenvalue weighted by atomic mass is 9.93. The minimum absolute atomic E-state index is 0.280. The van der Waals surface area contributed by atoms with Gasteiger partial charge < -0.3 is 14.5 Å². The molecule has 1 N–H and O–H groups in total. The fourth-order valence-corrected chi connectivity index (χ4v) is 5.40. The third kappa shape index (κ3) is 5.16. The lowest BCUT2D eigenvalue weighted by Crippen LogP contribution is -2.28.